The van der Waals surface area contributed by atoms with Gasteiger partial charge in [-0.15, -0.1) is 10.2 Å². The zero-order chi connectivity index (χ0) is 18.3. The number of nitrogens with zero attached hydrogens (tertiary/aromatic N) is 5. The van der Waals surface area contributed by atoms with E-state index in [4.69, 9.17) is 23.2 Å². The van der Waals surface area contributed by atoms with E-state index >= 15 is 0 Å². The molecule has 0 radical (unpaired) electrons. The molecule has 3 heterocycles. The maximum atomic E-state index is 6.22. The van der Waals surface area contributed by atoms with Gasteiger partial charge in [0.05, 0.1) is 5.69 Å². The molecule has 0 aliphatic carbocycles. The lowest BCUT2D eigenvalue weighted by Gasteiger charge is -2.03. The van der Waals surface area contributed by atoms with E-state index in [9.17, 15) is 0 Å². The first-order chi connectivity index (χ1) is 12.5. The monoisotopic (exact) mass is 404 g/mol. The summed E-state index contributed by atoms with van der Waals surface area (Å²) in [5, 5.41) is 14.4. The molecule has 0 aliphatic heterocycles. The van der Waals surface area contributed by atoms with Crippen molar-refractivity contribution in [3.8, 4) is 5.82 Å². The van der Waals surface area contributed by atoms with Gasteiger partial charge in [-0.1, -0.05) is 53.2 Å². The molecule has 0 aliphatic rings. The Morgan fingerprint density at radius 1 is 1.15 bits per heavy atom. The fraction of sp³-hybridized carbons (Fsp3) is 0.176. The van der Waals surface area contributed by atoms with Crippen LogP contribution in [0.2, 0.25) is 10.2 Å². The smallest absolute Gasteiger partial charge is 0.202 e. The maximum Gasteiger partial charge on any atom is 0.202 e. The fourth-order valence-electron chi connectivity index (χ4n) is 2.67. The van der Waals surface area contributed by atoms with Gasteiger partial charge in [-0.3, -0.25) is 0 Å². The van der Waals surface area contributed by atoms with E-state index < -0.39 is 0 Å². The maximum absolute atomic E-state index is 6.22. The van der Waals surface area contributed by atoms with Crippen molar-refractivity contribution in [2.24, 2.45) is 0 Å². The highest BCUT2D eigenvalue weighted by Gasteiger charge is 2.17. The Balaban J connectivity index is 1.72. The van der Waals surface area contributed by atoms with Gasteiger partial charge in [0.1, 0.15) is 11.0 Å². The second kappa shape index (κ2) is 6.90. The average molecular weight is 405 g/mol. The number of fused-ring (bicyclic) bond motifs is 1. The van der Waals surface area contributed by atoms with Crippen molar-refractivity contribution in [2.75, 3.05) is 0 Å². The summed E-state index contributed by atoms with van der Waals surface area (Å²) in [5.74, 6) is 1.26. The van der Waals surface area contributed by atoms with Crippen LogP contribution in [0.5, 0.6) is 0 Å². The number of imidazole rings is 1. The minimum atomic E-state index is 0.256. The summed E-state index contributed by atoms with van der Waals surface area (Å²) in [5.41, 5.74) is 4.19. The highest BCUT2D eigenvalue weighted by Crippen LogP contribution is 2.30. The van der Waals surface area contributed by atoms with Gasteiger partial charge in [-0.05, 0) is 31.5 Å². The van der Waals surface area contributed by atoms with Crippen LogP contribution in [0.15, 0.2) is 35.5 Å². The van der Waals surface area contributed by atoms with Crippen LogP contribution >= 0.6 is 35.0 Å². The van der Waals surface area contributed by atoms with Gasteiger partial charge >= 0.3 is 0 Å². The molecule has 6 nitrogen and oxygen atoms in total. The number of rotatable bonds is 4. The molecule has 0 atom stereocenters. The van der Waals surface area contributed by atoms with E-state index in [1.807, 2.05) is 44.2 Å². The largest absolute Gasteiger partial charge is 0.330 e. The van der Waals surface area contributed by atoms with E-state index in [0.29, 0.717) is 22.6 Å². The van der Waals surface area contributed by atoms with Crippen LogP contribution in [0, 0.1) is 13.8 Å². The minimum absolute atomic E-state index is 0.256. The van der Waals surface area contributed by atoms with Crippen LogP contribution < -0.4 is 0 Å². The highest BCUT2D eigenvalue weighted by atomic mass is 35.5. The van der Waals surface area contributed by atoms with Crippen LogP contribution in [-0.4, -0.2) is 29.9 Å². The SMILES string of the molecule is Cc1cc(C)n(-c2nnc(Cl)c3nc(SCc4ccccc4Cl)[nH]c23)n1. The lowest BCUT2D eigenvalue weighted by molar-refractivity contribution is 0.789. The van der Waals surface area contributed by atoms with E-state index in [0.717, 1.165) is 27.1 Å². The Bertz CT molecular complexity index is 1100. The number of thioether (sulfide) groups is 1. The summed E-state index contributed by atoms with van der Waals surface area (Å²) >= 11 is 14.0. The molecule has 26 heavy (non-hydrogen) atoms. The quantitative estimate of drug-likeness (QED) is 0.496. The van der Waals surface area contributed by atoms with Crippen molar-refractivity contribution >= 4 is 46.0 Å². The first kappa shape index (κ1) is 17.3. The molecule has 1 N–H and O–H groups in total. The Kier molecular flexibility index (Phi) is 4.60. The first-order valence-corrected chi connectivity index (χ1v) is 9.59. The zero-order valence-corrected chi connectivity index (χ0v) is 16.3. The van der Waals surface area contributed by atoms with Crippen molar-refractivity contribution in [2.45, 2.75) is 24.8 Å². The number of benzene rings is 1. The number of hydrogen-bond donors (Lipinski definition) is 1. The lowest BCUT2D eigenvalue weighted by Crippen LogP contribution is -2.04. The lowest BCUT2D eigenvalue weighted by atomic mass is 10.2. The Morgan fingerprint density at radius 3 is 2.69 bits per heavy atom. The molecule has 0 fully saturated rings. The summed E-state index contributed by atoms with van der Waals surface area (Å²) in [4.78, 5) is 7.86. The standard InChI is InChI=1S/C17H14Cl2N6S/c1-9-7-10(2)25(24-9)16-14-13(15(19)22-23-16)20-17(21-14)26-8-11-5-3-4-6-12(11)18/h3-7H,8H2,1-2H3,(H,20,21). The van der Waals surface area contributed by atoms with Gasteiger partial charge in [0.2, 0.25) is 5.82 Å². The van der Waals surface area contributed by atoms with Gasteiger partial charge in [0, 0.05) is 16.5 Å². The molecule has 1 aromatic carbocycles. The van der Waals surface area contributed by atoms with Crippen molar-refractivity contribution in [1.29, 1.82) is 0 Å². The van der Waals surface area contributed by atoms with E-state index in [2.05, 4.69) is 25.3 Å². The summed E-state index contributed by atoms with van der Waals surface area (Å²) in [7, 11) is 0. The molecule has 0 bridgehead atoms. The molecule has 4 aromatic rings. The molecule has 0 amide bonds. The summed E-state index contributed by atoms with van der Waals surface area (Å²) < 4.78 is 1.74. The predicted octanol–water partition coefficient (Wildman–Crippen LogP) is 4.75. The third-order valence-electron chi connectivity index (χ3n) is 3.87. The normalized spacial score (nSPS) is 11.4. The van der Waals surface area contributed by atoms with Crippen LogP contribution in [0.25, 0.3) is 16.9 Å². The second-order valence-corrected chi connectivity index (χ2v) is 7.53. The summed E-state index contributed by atoms with van der Waals surface area (Å²) in [6.07, 6.45) is 0. The molecule has 0 saturated carbocycles. The number of aromatic amines is 1. The van der Waals surface area contributed by atoms with Crippen molar-refractivity contribution in [3.05, 3.63) is 57.5 Å². The molecule has 132 valence electrons. The average Bonchev–Trinajstić information content (AvgIpc) is 3.18. The molecule has 0 unspecified atom stereocenters. The van der Waals surface area contributed by atoms with Crippen LogP contribution in [0.1, 0.15) is 17.0 Å². The van der Waals surface area contributed by atoms with Gasteiger partial charge < -0.3 is 4.98 Å². The Hall–Kier alpha value is -2.09. The Morgan fingerprint density at radius 2 is 1.96 bits per heavy atom. The topological polar surface area (TPSA) is 72.3 Å². The minimum Gasteiger partial charge on any atom is -0.330 e. The molecule has 0 spiro atoms. The van der Waals surface area contributed by atoms with E-state index in [1.165, 1.54) is 0 Å². The molecular formula is C17H14Cl2N6S. The Labute approximate surface area is 163 Å². The number of halogens is 2. The van der Waals surface area contributed by atoms with Gasteiger partial charge in [0.15, 0.2) is 10.3 Å². The first-order valence-electron chi connectivity index (χ1n) is 7.84. The molecule has 3 aromatic heterocycles. The number of aromatic nitrogens is 6. The van der Waals surface area contributed by atoms with E-state index in [-0.39, 0.29) is 5.15 Å². The predicted molar refractivity (Wildman–Crippen MR) is 104 cm³/mol. The van der Waals surface area contributed by atoms with Gasteiger partial charge in [0.25, 0.3) is 0 Å². The molecule has 0 saturated heterocycles. The third kappa shape index (κ3) is 3.18. The molecule has 4 rings (SSSR count). The van der Waals surface area contributed by atoms with Crippen LogP contribution in [0.3, 0.4) is 0 Å². The van der Waals surface area contributed by atoms with Crippen LogP contribution in [-0.2, 0) is 5.75 Å². The highest BCUT2D eigenvalue weighted by molar-refractivity contribution is 7.98. The summed E-state index contributed by atoms with van der Waals surface area (Å²) in [6, 6.07) is 9.73. The van der Waals surface area contributed by atoms with Gasteiger partial charge in [-0.25, -0.2) is 9.67 Å². The number of H-pyrrole nitrogens is 1. The summed E-state index contributed by atoms with van der Waals surface area (Å²) in [6.45, 7) is 3.90. The van der Waals surface area contributed by atoms with Crippen molar-refractivity contribution in [1.82, 2.24) is 29.9 Å². The van der Waals surface area contributed by atoms with Gasteiger partial charge in [-0.2, -0.15) is 5.10 Å². The fourth-order valence-corrected chi connectivity index (χ4v) is 4.00. The van der Waals surface area contributed by atoms with E-state index in [1.54, 1.807) is 16.4 Å². The second-order valence-electron chi connectivity index (χ2n) is 5.80. The number of hydrogen-bond acceptors (Lipinski definition) is 5. The van der Waals surface area contributed by atoms with Crippen molar-refractivity contribution in [3.63, 3.8) is 0 Å². The number of aryl methyl sites for hydroxylation is 2. The van der Waals surface area contributed by atoms with Crippen LogP contribution in [0.4, 0.5) is 0 Å². The molecular weight excluding hydrogens is 391 g/mol. The number of nitrogens with one attached hydrogen (secondary N) is 1. The molecule has 9 heteroatoms. The third-order valence-corrected chi connectivity index (χ3v) is 5.41. The van der Waals surface area contributed by atoms with Crippen molar-refractivity contribution < 1.29 is 0 Å². The zero-order valence-electron chi connectivity index (χ0n) is 14.0.